The van der Waals surface area contributed by atoms with Crippen LogP contribution in [-0.2, 0) is 14.7 Å². The lowest BCUT2D eigenvalue weighted by Crippen LogP contribution is -2.41. The third-order valence-electron chi connectivity index (χ3n) is 13.4. The molecule has 0 N–H and O–H groups in total. The summed E-state index contributed by atoms with van der Waals surface area (Å²) < 4.78 is 16.4. The average Bonchev–Trinajstić information content (AvgIpc) is 3.74. The first-order valence-corrected chi connectivity index (χ1v) is 19.4. The summed E-state index contributed by atoms with van der Waals surface area (Å²) in [5.41, 5.74) is 13.1. The molecule has 0 bridgehead atoms. The van der Waals surface area contributed by atoms with Crippen LogP contribution in [0.5, 0.6) is 0 Å². The zero-order valence-corrected chi connectivity index (χ0v) is 31.4. The van der Waals surface area contributed by atoms with Crippen LogP contribution in [-0.4, -0.2) is 22.9 Å². The van der Waals surface area contributed by atoms with Gasteiger partial charge in [-0.3, -0.25) is 0 Å². The lowest BCUT2D eigenvalue weighted by atomic mass is 9.65. The summed E-state index contributed by atoms with van der Waals surface area (Å²) in [4.78, 5) is 0. The first-order valence-electron chi connectivity index (χ1n) is 19.4. The van der Waals surface area contributed by atoms with Crippen molar-refractivity contribution in [2.45, 2.75) is 44.3 Å². The van der Waals surface area contributed by atoms with E-state index in [0.29, 0.717) is 0 Å². The van der Waals surface area contributed by atoms with Gasteiger partial charge in [-0.1, -0.05) is 133 Å². The molecule has 1 aromatic heterocycles. The van der Waals surface area contributed by atoms with Crippen molar-refractivity contribution in [1.29, 1.82) is 0 Å². The van der Waals surface area contributed by atoms with E-state index < -0.39 is 23.7 Å². The summed E-state index contributed by atoms with van der Waals surface area (Å²) in [6.45, 7) is 8.58. The number of benzene rings is 8. The van der Waals surface area contributed by atoms with Gasteiger partial charge in [-0.05, 0) is 112 Å². The fraction of sp³-hybridized carbons (Fsp3) is 0.137. The van der Waals surface area contributed by atoms with Gasteiger partial charge in [0.15, 0.2) is 0 Å². The Kier molecular flexibility index (Phi) is 6.07. The van der Waals surface area contributed by atoms with E-state index in [9.17, 15) is 0 Å². The van der Waals surface area contributed by atoms with Gasteiger partial charge in [0.2, 0.25) is 0 Å². The van der Waals surface area contributed by atoms with Crippen molar-refractivity contribution >= 4 is 55.9 Å². The second kappa shape index (κ2) is 10.6. The average molecular weight is 708 g/mol. The fourth-order valence-electron chi connectivity index (χ4n) is 10.2. The molecule has 0 unspecified atom stereocenters. The predicted octanol–water partition coefficient (Wildman–Crippen LogP) is 11.7. The molecule has 1 fully saturated rings. The van der Waals surface area contributed by atoms with Crippen LogP contribution in [0.1, 0.15) is 49.9 Å². The molecular formula is C51H38BNO2. The molecular weight excluding hydrogens is 669 g/mol. The Labute approximate surface area is 320 Å². The summed E-state index contributed by atoms with van der Waals surface area (Å²) >= 11 is 0. The molecule has 0 amide bonds. The van der Waals surface area contributed by atoms with E-state index in [1.807, 2.05) is 0 Å². The second-order valence-electron chi connectivity index (χ2n) is 16.7. The fourth-order valence-corrected chi connectivity index (χ4v) is 10.2. The predicted molar refractivity (Wildman–Crippen MR) is 228 cm³/mol. The van der Waals surface area contributed by atoms with E-state index >= 15 is 0 Å². The minimum absolute atomic E-state index is 0.486. The third-order valence-corrected chi connectivity index (χ3v) is 13.4. The van der Waals surface area contributed by atoms with Crippen molar-refractivity contribution in [2.75, 3.05) is 0 Å². The van der Waals surface area contributed by atoms with E-state index in [0.717, 1.165) is 5.46 Å². The van der Waals surface area contributed by atoms with Gasteiger partial charge >= 0.3 is 7.12 Å². The Morgan fingerprint density at radius 3 is 1.73 bits per heavy atom. The van der Waals surface area contributed by atoms with Gasteiger partial charge < -0.3 is 13.9 Å². The lowest BCUT2D eigenvalue weighted by molar-refractivity contribution is 0.00578. The molecule has 55 heavy (non-hydrogen) atoms. The molecule has 2 aliphatic heterocycles. The van der Waals surface area contributed by atoms with Crippen LogP contribution < -0.4 is 5.46 Å². The zero-order chi connectivity index (χ0) is 36.8. The maximum Gasteiger partial charge on any atom is 0.495 e. The summed E-state index contributed by atoms with van der Waals surface area (Å²) in [6, 6.07) is 59.1. The third kappa shape index (κ3) is 3.93. The minimum atomic E-state index is -0.621. The lowest BCUT2D eigenvalue weighted by Gasteiger charge is -2.35. The van der Waals surface area contributed by atoms with Gasteiger partial charge in [0.25, 0.3) is 0 Å². The second-order valence-corrected chi connectivity index (χ2v) is 16.7. The van der Waals surface area contributed by atoms with E-state index in [1.165, 1.54) is 93.5 Å². The molecule has 0 atom stereocenters. The van der Waals surface area contributed by atoms with Crippen molar-refractivity contribution in [1.82, 2.24) is 4.57 Å². The van der Waals surface area contributed by atoms with Gasteiger partial charge in [-0.2, -0.15) is 0 Å². The van der Waals surface area contributed by atoms with Crippen LogP contribution in [0.3, 0.4) is 0 Å². The Hall–Kier alpha value is -5.94. The van der Waals surface area contributed by atoms with Crippen LogP contribution >= 0.6 is 0 Å². The zero-order valence-electron chi connectivity index (χ0n) is 31.4. The Balaban J connectivity index is 1.31. The molecule has 4 heteroatoms. The Morgan fingerprint density at radius 2 is 1.04 bits per heavy atom. The van der Waals surface area contributed by atoms with Crippen LogP contribution in [0.4, 0.5) is 0 Å². The molecule has 262 valence electrons. The van der Waals surface area contributed by atoms with E-state index in [4.69, 9.17) is 9.31 Å². The number of fused-ring (bicyclic) bond motifs is 8. The highest BCUT2D eigenvalue weighted by atomic mass is 16.7. The molecule has 3 aliphatic rings. The van der Waals surface area contributed by atoms with Gasteiger partial charge in [-0.25, -0.2) is 0 Å². The highest BCUT2D eigenvalue weighted by Crippen LogP contribution is 2.62. The number of hydrogen-bond acceptors (Lipinski definition) is 2. The number of aromatic nitrogens is 1. The molecule has 12 rings (SSSR count). The van der Waals surface area contributed by atoms with Gasteiger partial charge in [0.1, 0.15) is 0 Å². The Morgan fingerprint density at radius 1 is 0.473 bits per heavy atom. The number of nitrogens with zero attached hydrogens (tertiary/aromatic N) is 1. The summed E-state index contributed by atoms with van der Waals surface area (Å²) in [7, 11) is -0.536. The molecule has 3 nitrogen and oxygen atoms in total. The molecule has 3 heterocycles. The monoisotopic (exact) mass is 707 g/mol. The van der Waals surface area contributed by atoms with Crippen molar-refractivity contribution in [3.05, 3.63) is 180 Å². The maximum atomic E-state index is 6.92. The van der Waals surface area contributed by atoms with Crippen LogP contribution in [0.2, 0.25) is 0 Å². The quantitative estimate of drug-likeness (QED) is 0.171. The SMILES string of the molecule is CC1(C)OB(c2ccc3c4c2-c2ccccc2-n2c5ccccc5c5ccc(c-4c52)C3(c2ccc3ccccc3c2)c2ccc3ccccc3c2)OC1(C)C. The maximum absolute atomic E-state index is 6.92. The smallest absolute Gasteiger partial charge is 0.399 e. The normalized spacial score (nSPS) is 17.0. The largest absolute Gasteiger partial charge is 0.495 e. The molecule has 1 aliphatic carbocycles. The van der Waals surface area contributed by atoms with E-state index in [2.05, 4.69) is 190 Å². The Bertz CT molecular complexity index is 3040. The van der Waals surface area contributed by atoms with Crippen molar-refractivity contribution in [3.8, 4) is 27.9 Å². The molecule has 0 spiro atoms. The van der Waals surface area contributed by atoms with Crippen molar-refractivity contribution in [2.24, 2.45) is 0 Å². The number of para-hydroxylation sites is 2. The van der Waals surface area contributed by atoms with E-state index in [-0.39, 0.29) is 0 Å². The summed E-state index contributed by atoms with van der Waals surface area (Å²) in [5.74, 6) is 0. The van der Waals surface area contributed by atoms with Gasteiger partial charge in [-0.15, -0.1) is 0 Å². The number of hydrogen-bond donors (Lipinski definition) is 0. The first kappa shape index (κ1) is 31.4. The molecule has 1 saturated heterocycles. The molecule has 8 aromatic carbocycles. The van der Waals surface area contributed by atoms with Crippen LogP contribution in [0.15, 0.2) is 158 Å². The van der Waals surface area contributed by atoms with Crippen molar-refractivity contribution < 1.29 is 9.31 Å². The summed E-state index contributed by atoms with van der Waals surface area (Å²) in [5, 5.41) is 7.46. The van der Waals surface area contributed by atoms with Crippen molar-refractivity contribution in [3.63, 3.8) is 0 Å². The molecule has 0 saturated carbocycles. The molecule has 9 aromatic rings. The minimum Gasteiger partial charge on any atom is -0.399 e. The van der Waals surface area contributed by atoms with Crippen LogP contribution in [0.25, 0.3) is 71.3 Å². The highest BCUT2D eigenvalue weighted by molar-refractivity contribution is 6.64. The topological polar surface area (TPSA) is 23.4 Å². The first-order chi connectivity index (χ1) is 26.8. The number of rotatable bonds is 3. The molecule has 0 radical (unpaired) electrons. The summed E-state index contributed by atoms with van der Waals surface area (Å²) in [6.07, 6.45) is 0. The van der Waals surface area contributed by atoms with E-state index in [1.54, 1.807) is 0 Å². The highest BCUT2D eigenvalue weighted by Gasteiger charge is 2.55. The standard InChI is InChI=1S/C51H38BNO2/c1-49(2)50(3,4)55-52(54-49)42-28-27-40-46-45(42)39-18-10-12-20-44(39)53-43-19-11-9-17-37(43)38-25-26-41(47(46)48(38)53)51(40,35-23-21-31-13-5-7-15-33(31)29-35)36-24-22-32-14-6-8-16-34(32)30-36/h5-30H,1-4H3. The van der Waals surface area contributed by atoms with Gasteiger partial charge in [0, 0.05) is 21.9 Å². The van der Waals surface area contributed by atoms with Crippen LogP contribution in [0, 0.1) is 0 Å². The van der Waals surface area contributed by atoms with Gasteiger partial charge in [0.05, 0.1) is 33.3 Å².